The van der Waals surface area contributed by atoms with Crippen molar-refractivity contribution >= 4 is 34.7 Å². The minimum atomic E-state index is -1.13. The highest BCUT2D eigenvalue weighted by atomic mass is 35.5. The van der Waals surface area contributed by atoms with Gasteiger partial charge < -0.3 is 9.84 Å². The van der Waals surface area contributed by atoms with E-state index in [0.29, 0.717) is 5.56 Å². The number of aliphatic hydroxyl groups excluding tert-OH is 1. The van der Waals surface area contributed by atoms with Crippen molar-refractivity contribution in [1.82, 2.24) is 4.98 Å². The van der Waals surface area contributed by atoms with E-state index < -0.39 is 35.1 Å². The van der Waals surface area contributed by atoms with Crippen LogP contribution in [-0.4, -0.2) is 28.9 Å². The molecule has 4 rings (SSSR count). The highest BCUT2D eigenvalue weighted by molar-refractivity contribution is 6.51. The number of benzene rings is 2. The zero-order valence-electron chi connectivity index (χ0n) is 16.6. The monoisotopic (exact) mass is 456 g/mol. The highest BCUT2D eigenvalue weighted by Crippen LogP contribution is 2.43. The molecule has 1 aliphatic rings. The number of Topliss-reactive ketones (excluding diaryl/α,β-unsaturated/α-hetero) is 1. The molecular weight excluding hydrogens is 442 g/mol. The van der Waals surface area contributed by atoms with Gasteiger partial charge in [-0.3, -0.25) is 19.5 Å². The molecular formula is C23H15ClF2N2O4. The third kappa shape index (κ3) is 3.58. The molecule has 1 N–H and O–H groups in total. The van der Waals surface area contributed by atoms with Gasteiger partial charge in [-0.2, -0.15) is 0 Å². The standard InChI is InChI=1S/C23H15ClF2N2O4/c1-32-18-7-4-13(25)9-15(18)21(29)19-20(12-3-2-8-27-11-12)28(23(31)22(19)30)14-5-6-17(26)16(24)10-14/h2-11,20,29H,1H3/b21-19+. The largest absolute Gasteiger partial charge is 0.507 e. The van der Waals surface area contributed by atoms with Crippen LogP contribution >= 0.6 is 11.6 Å². The van der Waals surface area contributed by atoms with Crippen LogP contribution in [0.2, 0.25) is 5.02 Å². The molecule has 0 spiro atoms. The van der Waals surface area contributed by atoms with E-state index in [1.54, 1.807) is 12.1 Å². The summed E-state index contributed by atoms with van der Waals surface area (Å²) in [5.74, 6) is -3.88. The number of ether oxygens (including phenoxy) is 1. The fourth-order valence-electron chi connectivity index (χ4n) is 3.60. The molecule has 1 unspecified atom stereocenters. The van der Waals surface area contributed by atoms with Crippen molar-refractivity contribution in [3.63, 3.8) is 0 Å². The molecule has 2 heterocycles. The highest BCUT2D eigenvalue weighted by Gasteiger charge is 2.47. The summed E-state index contributed by atoms with van der Waals surface area (Å²) < 4.78 is 32.8. The number of hydrogen-bond acceptors (Lipinski definition) is 5. The van der Waals surface area contributed by atoms with Crippen molar-refractivity contribution < 1.29 is 28.2 Å². The van der Waals surface area contributed by atoms with Crippen LogP contribution in [0.25, 0.3) is 5.76 Å². The van der Waals surface area contributed by atoms with Gasteiger partial charge in [-0.25, -0.2) is 8.78 Å². The Labute approximate surface area is 186 Å². The van der Waals surface area contributed by atoms with Crippen LogP contribution in [0.15, 0.2) is 66.5 Å². The van der Waals surface area contributed by atoms with E-state index in [1.165, 1.54) is 37.7 Å². The normalized spacial score (nSPS) is 17.6. The molecule has 6 nitrogen and oxygen atoms in total. The van der Waals surface area contributed by atoms with E-state index in [-0.39, 0.29) is 27.6 Å². The minimum absolute atomic E-state index is 0.100. The smallest absolute Gasteiger partial charge is 0.300 e. The Morgan fingerprint density at radius 1 is 1.16 bits per heavy atom. The molecule has 162 valence electrons. The number of rotatable bonds is 4. The number of carbonyl (C=O) groups excluding carboxylic acids is 2. The summed E-state index contributed by atoms with van der Waals surface area (Å²) in [6.07, 6.45) is 2.92. The zero-order chi connectivity index (χ0) is 23.0. The first kappa shape index (κ1) is 21.5. The first-order chi connectivity index (χ1) is 15.3. The molecule has 32 heavy (non-hydrogen) atoms. The molecule has 1 fully saturated rings. The molecule has 1 saturated heterocycles. The number of aromatic nitrogens is 1. The van der Waals surface area contributed by atoms with Crippen LogP contribution in [0.4, 0.5) is 14.5 Å². The van der Waals surface area contributed by atoms with Crippen molar-refractivity contribution in [2.45, 2.75) is 6.04 Å². The van der Waals surface area contributed by atoms with Crippen LogP contribution in [0.1, 0.15) is 17.2 Å². The van der Waals surface area contributed by atoms with Gasteiger partial charge in [0.2, 0.25) is 0 Å². The molecule has 3 aromatic rings. The molecule has 0 saturated carbocycles. The van der Waals surface area contributed by atoms with Gasteiger partial charge in [0, 0.05) is 18.1 Å². The summed E-state index contributed by atoms with van der Waals surface area (Å²) in [6.45, 7) is 0. The number of methoxy groups -OCH3 is 1. The summed E-state index contributed by atoms with van der Waals surface area (Å²) in [7, 11) is 1.32. The predicted octanol–water partition coefficient (Wildman–Crippen LogP) is 4.65. The Hall–Kier alpha value is -3.78. The number of ketones is 1. The first-order valence-electron chi connectivity index (χ1n) is 9.33. The summed E-state index contributed by atoms with van der Waals surface area (Å²) >= 11 is 5.89. The fraction of sp³-hybridized carbons (Fsp3) is 0.0870. The van der Waals surface area contributed by atoms with E-state index in [4.69, 9.17) is 16.3 Å². The third-order valence-electron chi connectivity index (χ3n) is 5.04. The number of carbonyl (C=O) groups is 2. The second kappa shape index (κ2) is 8.39. The van der Waals surface area contributed by atoms with Crippen LogP contribution in [0.3, 0.4) is 0 Å². The van der Waals surface area contributed by atoms with Crippen LogP contribution in [0.5, 0.6) is 5.75 Å². The lowest BCUT2D eigenvalue weighted by molar-refractivity contribution is -0.132. The number of amides is 1. The minimum Gasteiger partial charge on any atom is -0.507 e. The van der Waals surface area contributed by atoms with Crippen LogP contribution < -0.4 is 9.64 Å². The molecule has 1 atom stereocenters. The maximum Gasteiger partial charge on any atom is 0.300 e. The van der Waals surface area contributed by atoms with Gasteiger partial charge in [0.25, 0.3) is 11.7 Å². The molecule has 0 bridgehead atoms. The van der Waals surface area contributed by atoms with E-state index in [9.17, 15) is 23.5 Å². The zero-order valence-corrected chi connectivity index (χ0v) is 17.3. The molecule has 0 radical (unpaired) electrons. The SMILES string of the molecule is COc1ccc(F)cc1/C(O)=C1\C(=O)C(=O)N(c2ccc(F)c(Cl)c2)C1c1cccnc1. The summed E-state index contributed by atoms with van der Waals surface area (Å²) in [5, 5.41) is 10.8. The van der Waals surface area contributed by atoms with Crippen molar-refractivity contribution in [1.29, 1.82) is 0 Å². The fourth-order valence-corrected chi connectivity index (χ4v) is 3.77. The van der Waals surface area contributed by atoms with Crippen LogP contribution in [0, 0.1) is 11.6 Å². The predicted molar refractivity (Wildman–Crippen MR) is 113 cm³/mol. The van der Waals surface area contributed by atoms with Gasteiger partial charge >= 0.3 is 0 Å². The molecule has 1 aromatic heterocycles. The van der Waals surface area contributed by atoms with E-state index >= 15 is 0 Å². The summed E-state index contributed by atoms with van der Waals surface area (Å²) in [6, 6.07) is 9.05. The van der Waals surface area contributed by atoms with E-state index in [1.807, 2.05) is 0 Å². The van der Waals surface area contributed by atoms with Crippen molar-refractivity contribution in [2.24, 2.45) is 0 Å². The lowest BCUT2D eigenvalue weighted by Gasteiger charge is -2.25. The lowest BCUT2D eigenvalue weighted by Crippen LogP contribution is -2.29. The number of pyridine rings is 1. The van der Waals surface area contributed by atoms with Gasteiger partial charge in [0.15, 0.2) is 0 Å². The maximum atomic E-state index is 13.9. The Morgan fingerprint density at radius 2 is 1.94 bits per heavy atom. The molecule has 2 aromatic carbocycles. The molecule has 9 heteroatoms. The topological polar surface area (TPSA) is 79.7 Å². The van der Waals surface area contributed by atoms with Crippen LogP contribution in [-0.2, 0) is 9.59 Å². The number of halogens is 3. The number of hydrogen-bond donors (Lipinski definition) is 1. The van der Waals surface area contributed by atoms with Crippen molar-refractivity contribution in [3.05, 3.63) is 94.3 Å². The molecule has 1 aliphatic heterocycles. The summed E-state index contributed by atoms with van der Waals surface area (Å²) in [4.78, 5) is 31.2. The Balaban J connectivity index is 1.98. The summed E-state index contributed by atoms with van der Waals surface area (Å²) in [5.41, 5.74) is 0.130. The Bertz CT molecular complexity index is 1260. The second-order valence-corrected chi connectivity index (χ2v) is 7.31. The van der Waals surface area contributed by atoms with Gasteiger partial charge in [-0.1, -0.05) is 17.7 Å². The van der Waals surface area contributed by atoms with Crippen molar-refractivity contribution in [2.75, 3.05) is 12.0 Å². The van der Waals surface area contributed by atoms with Gasteiger partial charge in [-0.05, 0) is 48.0 Å². The second-order valence-electron chi connectivity index (χ2n) is 6.90. The Kier molecular flexibility index (Phi) is 5.63. The quantitative estimate of drug-likeness (QED) is 0.351. The van der Waals surface area contributed by atoms with Gasteiger partial charge in [0.1, 0.15) is 23.1 Å². The molecule has 0 aliphatic carbocycles. The first-order valence-corrected chi connectivity index (χ1v) is 9.71. The van der Waals surface area contributed by atoms with E-state index in [0.717, 1.165) is 23.1 Å². The lowest BCUT2D eigenvalue weighted by atomic mass is 9.95. The van der Waals surface area contributed by atoms with Gasteiger partial charge in [-0.15, -0.1) is 0 Å². The number of anilines is 1. The van der Waals surface area contributed by atoms with Gasteiger partial charge in [0.05, 0.1) is 29.3 Å². The average Bonchev–Trinajstić information content (AvgIpc) is 3.06. The van der Waals surface area contributed by atoms with E-state index in [2.05, 4.69) is 4.98 Å². The maximum absolute atomic E-state index is 13.9. The van der Waals surface area contributed by atoms with Crippen molar-refractivity contribution in [3.8, 4) is 5.75 Å². The number of aliphatic hydroxyl groups is 1. The third-order valence-corrected chi connectivity index (χ3v) is 5.33. The number of nitrogens with zero attached hydrogens (tertiary/aromatic N) is 2. The molecule has 1 amide bonds. The average molecular weight is 457 g/mol. The Morgan fingerprint density at radius 3 is 2.59 bits per heavy atom.